The van der Waals surface area contributed by atoms with Crippen molar-refractivity contribution in [1.82, 2.24) is 39.4 Å². The number of rotatable bonds is 6. The number of fused-ring (bicyclic) bond motifs is 1. The quantitative estimate of drug-likeness (QED) is 0.358. The molecule has 6 heterocycles. The molecule has 2 aliphatic heterocycles. The molecule has 0 amide bonds. The molecular formula is C23H28ClN11O3. The lowest BCUT2D eigenvalue weighted by Gasteiger charge is -2.39. The van der Waals surface area contributed by atoms with Crippen molar-refractivity contribution in [1.29, 1.82) is 0 Å². The summed E-state index contributed by atoms with van der Waals surface area (Å²) in [4.78, 5) is 39.7. The molecule has 14 nitrogen and oxygen atoms in total. The lowest BCUT2D eigenvalue weighted by molar-refractivity contribution is 0.0690. The zero-order valence-corrected chi connectivity index (χ0v) is 21.4. The van der Waals surface area contributed by atoms with E-state index in [4.69, 9.17) is 15.3 Å². The number of nitrogens with zero attached hydrogens (tertiary/aromatic N) is 10. The second-order valence-corrected chi connectivity index (χ2v) is 9.31. The number of aromatic nitrogens is 7. The molecule has 0 spiro atoms. The number of aromatic carboxylic acids is 1. The normalized spacial score (nSPS) is 18.5. The predicted octanol–water partition coefficient (Wildman–Crippen LogP) is 1.31. The second-order valence-electron chi connectivity index (χ2n) is 9.31. The third-order valence-corrected chi connectivity index (χ3v) is 6.84. The Kier molecular flexibility index (Phi) is 7.24. The summed E-state index contributed by atoms with van der Waals surface area (Å²) in [6.07, 6.45) is 6.61. The Bertz CT molecular complexity index is 1390. The van der Waals surface area contributed by atoms with Crippen LogP contribution in [0, 0.1) is 5.92 Å². The summed E-state index contributed by atoms with van der Waals surface area (Å²) in [6.45, 7) is 6.14. The van der Waals surface area contributed by atoms with Gasteiger partial charge >= 0.3 is 5.97 Å². The largest absolute Gasteiger partial charge is 0.476 e. The number of carboxylic acid groups (broad SMARTS) is 1. The van der Waals surface area contributed by atoms with E-state index < -0.39 is 5.97 Å². The fraction of sp³-hybridized carbons (Fsp3) is 0.435. The SMILES string of the molecule is Cl.Nc1nc(N2CCCC(CN3CCN(c4cnc(C(=O)O)cn4)CC3)C2)nc2nc(-c3ccco3)nn12. The highest BCUT2D eigenvalue weighted by Gasteiger charge is 2.27. The first kappa shape index (κ1) is 25.6. The average molecular weight is 542 g/mol. The third-order valence-electron chi connectivity index (χ3n) is 6.84. The van der Waals surface area contributed by atoms with E-state index in [-0.39, 0.29) is 24.0 Å². The second kappa shape index (κ2) is 10.8. The number of nitrogens with two attached hydrogens (primary N) is 1. The van der Waals surface area contributed by atoms with Gasteiger partial charge in [0.2, 0.25) is 17.7 Å². The van der Waals surface area contributed by atoms with Crippen molar-refractivity contribution in [2.45, 2.75) is 12.8 Å². The van der Waals surface area contributed by atoms with Crippen LogP contribution in [-0.4, -0.2) is 96.3 Å². The minimum Gasteiger partial charge on any atom is -0.476 e. The number of piperidine rings is 1. The minimum atomic E-state index is -1.07. The number of halogens is 1. The van der Waals surface area contributed by atoms with E-state index in [1.54, 1.807) is 18.4 Å². The van der Waals surface area contributed by atoms with Gasteiger partial charge in [0, 0.05) is 45.8 Å². The number of carbonyl (C=O) groups is 1. The third kappa shape index (κ3) is 5.17. The van der Waals surface area contributed by atoms with E-state index in [1.165, 1.54) is 16.9 Å². The molecule has 2 saturated heterocycles. The molecule has 0 bridgehead atoms. The van der Waals surface area contributed by atoms with Crippen molar-refractivity contribution >= 4 is 41.9 Å². The topological polar surface area (TPSA) is 168 Å². The first-order valence-electron chi connectivity index (χ1n) is 12.3. The zero-order chi connectivity index (χ0) is 25.4. The van der Waals surface area contributed by atoms with Gasteiger partial charge in [0.05, 0.1) is 18.7 Å². The molecule has 4 aromatic rings. The first-order chi connectivity index (χ1) is 18.0. The smallest absolute Gasteiger partial charge is 0.356 e. The first-order valence-corrected chi connectivity index (χ1v) is 12.3. The Labute approximate surface area is 223 Å². The van der Waals surface area contributed by atoms with Gasteiger partial charge in [-0.05, 0) is 30.9 Å². The number of piperazine rings is 1. The molecule has 200 valence electrons. The fourth-order valence-electron chi connectivity index (χ4n) is 4.96. The van der Waals surface area contributed by atoms with Crippen LogP contribution in [0.15, 0.2) is 35.2 Å². The molecule has 2 aliphatic rings. The van der Waals surface area contributed by atoms with Gasteiger partial charge in [-0.25, -0.2) is 14.8 Å². The number of carboxylic acids is 1. The highest BCUT2D eigenvalue weighted by molar-refractivity contribution is 5.85. The Hall–Kier alpha value is -4.04. The summed E-state index contributed by atoms with van der Waals surface area (Å²) in [5.74, 6) is 2.29. The molecule has 0 aliphatic carbocycles. The van der Waals surface area contributed by atoms with E-state index in [0.717, 1.165) is 58.7 Å². The number of anilines is 3. The van der Waals surface area contributed by atoms with E-state index in [1.807, 2.05) is 0 Å². The van der Waals surface area contributed by atoms with Crippen LogP contribution in [0.4, 0.5) is 17.7 Å². The van der Waals surface area contributed by atoms with Crippen LogP contribution in [0.1, 0.15) is 23.3 Å². The van der Waals surface area contributed by atoms with Gasteiger partial charge in [-0.1, -0.05) is 0 Å². The van der Waals surface area contributed by atoms with Crippen LogP contribution in [0.3, 0.4) is 0 Å². The number of hydrogen-bond donors (Lipinski definition) is 2. The minimum absolute atomic E-state index is 0. The molecule has 38 heavy (non-hydrogen) atoms. The van der Waals surface area contributed by atoms with Crippen molar-refractivity contribution in [2.75, 3.05) is 61.3 Å². The molecule has 0 saturated carbocycles. The molecule has 15 heteroatoms. The van der Waals surface area contributed by atoms with E-state index in [9.17, 15) is 4.79 Å². The van der Waals surface area contributed by atoms with Crippen LogP contribution in [0.25, 0.3) is 17.4 Å². The summed E-state index contributed by atoms with van der Waals surface area (Å²) >= 11 is 0. The summed E-state index contributed by atoms with van der Waals surface area (Å²) < 4.78 is 6.83. The maximum atomic E-state index is 11.0. The van der Waals surface area contributed by atoms with Gasteiger partial charge in [0.1, 0.15) is 5.82 Å². The van der Waals surface area contributed by atoms with Gasteiger partial charge < -0.3 is 25.1 Å². The van der Waals surface area contributed by atoms with Gasteiger partial charge in [-0.3, -0.25) is 4.90 Å². The van der Waals surface area contributed by atoms with Crippen LogP contribution in [-0.2, 0) is 0 Å². The maximum Gasteiger partial charge on any atom is 0.356 e. The van der Waals surface area contributed by atoms with Crippen LogP contribution in [0.5, 0.6) is 0 Å². The van der Waals surface area contributed by atoms with Crippen molar-refractivity contribution in [3.8, 4) is 11.6 Å². The van der Waals surface area contributed by atoms with Crippen molar-refractivity contribution in [3.05, 3.63) is 36.5 Å². The zero-order valence-electron chi connectivity index (χ0n) is 20.5. The van der Waals surface area contributed by atoms with Crippen LogP contribution in [0.2, 0.25) is 0 Å². The molecule has 0 aromatic carbocycles. The molecule has 3 N–H and O–H groups in total. The summed E-state index contributed by atoms with van der Waals surface area (Å²) in [5, 5.41) is 13.4. The molecule has 6 rings (SSSR count). The number of hydrogen-bond acceptors (Lipinski definition) is 12. The van der Waals surface area contributed by atoms with E-state index in [0.29, 0.717) is 35.0 Å². The Morgan fingerprint density at radius 1 is 1.08 bits per heavy atom. The molecule has 4 aromatic heterocycles. The van der Waals surface area contributed by atoms with Gasteiger partial charge in [0.15, 0.2) is 11.5 Å². The molecule has 2 fully saturated rings. The fourth-order valence-corrected chi connectivity index (χ4v) is 4.96. The molecule has 1 atom stereocenters. The van der Waals surface area contributed by atoms with Crippen LogP contribution < -0.4 is 15.5 Å². The Balaban J connectivity index is 0.00000294. The Morgan fingerprint density at radius 3 is 2.63 bits per heavy atom. The van der Waals surface area contributed by atoms with Gasteiger partial charge in [-0.2, -0.15) is 19.5 Å². The van der Waals surface area contributed by atoms with Crippen molar-refractivity contribution < 1.29 is 14.3 Å². The molecular weight excluding hydrogens is 514 g/mol. The monoisotopic (exact) mass is 541 g/mol. The summed E-state index contributed by atoms with van der Waals surface area (Å²) in [5.41, 5.74) is 6.15. The van der Waals surface area contributed by atoms with Crippen molar-refractivity contribution in [2.24, 2.45) is 5.92 Å². The highest BCUT2D eigenvalue weighted by Crippen LogP contribution is 2.24. The number of nitrogen functional groups attached to an aromatic ring is 1. The maximum absolute atomic E-state index is 11.0. The molecule has 0 radical (unpaired) electrons. The summed E-state index contributed by atoms with van der Waals surface area (Å²) in [7, 11) is 0. The number of furan rings is 1. The van der Waals surface area contributed by atoms with Gasteiger partial charge in [-0.15, -0.1) is 17.5 Å². The summed E-state index contributed by atoms with van der Waals surface area (Å²) in [6, 6.07) is 3.57. The van der Waals surface area contributed by atoms with Crippen molar-refractivity contribution in [3.63, 3.8) is 0 Å². The average Bonchev–Trinajstić information content (AvgIpc) is 3.60. The van der Waals surface area contributed by atoms with Gasteiger partial charge in [0.25, 0.3) is 5.78 Å². The standard InChI is InChI=1S/C23H27N11O3.ClH/c24-21-28-22(29-23-27-19(30-34(21)23)17-4-2-10-37-17)33-5-1-3-15(14-33)13-31-6-8-32(9-7-31)18-12-25-16(11-26-18)20(35)36;/h2,4,10-12,15H,1,3,5-9,13-14H2,(H,35,36)(H2,24,27,28,29,30);1H. The van der Waals surface area contributed by atoms with Crippen LogP contribution >= 0.6 is 12.4 Å². The highest BCUT2D eigenvalue weighted by atomic mass is 35.5. The molecule has 1 unspecified atom stereocenters. The van der Waals surface area contributed by atoms with E-state index in [2.05, 4.69) is 44.7 Å². The Morgan fingerprint density at radius 2 is 1.92 bits per heavy atom. The predicted molar refractivity (Wildman–Crippen MR) is 141 cm³/mol. The lowest BCUT2D eigenvalue weighted by atomic mass is 9.97. The lowest BCUT2D eigenvalue weighted by Crippen LogP contribution is -2.50. The van der Waals surface area contributed by atoms with E-state index >= 15 is 0 Å².